The van der Waals surface area contributed by atoms with Crippen molar-refractivity contribution in [3.63, 3.8) is 0 Å². The summed E-state index contributed by atoms with van der Waals surface area (Å²) in [5.41, 5.74) is 3.09. The van der Waals surface area contributed by atoms with Gasteiger partial charge in [0, 0.05) is 31.7 Å². The molecule has 1 fully saturated rings. The van der Waals surface area contributed by atoms with Crippen LogP contribution in [0.1, 0.15) is 24.5 Å². The fourth-order valence-electron chi connectivity index (χ4n) is 3.29. The average molecular weight is 411 g/mol. The lowest BCUT2D eigenvalue weighted by Gasteiger charge is -2.26. The standard InChI is InChI=1S/C24H30N2O4/c1-19(27)2-3-20-6-10-23(11-7-20)30-18-24(28)25-22-8-4-21(5-9-22)12-13-26-14-16-29-17-15-26/h4-11H,2-3,12-18H2,1H3,(H,25,28). The van der Waals surface area contributed by atoms with E-state index >= 15 is 0 Å². The monoisotopic (exact) mass is 410 g/mol. The summed E-state index contributed by atoms with van der Waals surface area (Å²) in [4.78, 5) is 25.6. The molecule has 2 aromatic carbocycles. The molecule has 1 aliphatic rings. The van der Waals surface area contributed by atoms with Crippen molar-refractivity contribution in [1.82, 2.24) is 4.90 Å². The molecule has 1 aliphatic heterocycles. The molecule has 6 nitrogen and oxygen atoms in total. The van der Waals surface area contributed by atoms with Crippen LogP contribution in [0.25, 0.3) is 0 Å². The summed E-state index contributed by atoms with van der Waals surface area (Å²) in [5, 5.41) is 2.86. The number of hydrogen-bond acceptors (Lipinski definition) is 5. The van der Waals surface area contributed by atoms with E-state index in [2.05, 4.69) is 22.3 Å². The minimum atomic E-state index is -0.197. The van der Waals surface area contributed by atoms with Crippen LogP contribution in [0, 0.1) is 0 Å². The predicted octanol–water partition coefficient (Wildman–Crippen LogP) is 3.10. The van der Waals surface area contributed by atoms with Gasteiger partial charge >= 0.3 is 0 Å². The minimum absolute atomic E-state index is 0.0500. The molecular formula is C24H30N2O4. The van der Waals surface area contributed by atoms with Crippen LogP contribution in [-0.2, 0) is 27.2 Å². The van der Waals surface area contributed by atoms with Crippen LogP contribution in [0.4, 0.5) is 5.69 Å². The summed E-state index contributed by atoms with van der Waals surface area (Å²) in [6.45, 7) is 6.19. The highest BCUT2D eigenvalue weighted by atomic mass is 16.5. The fraction of sp³-hybridized carbons (Fsp3) is 0.417. The number of rotatable bonds is 10. The second kappa shape index (κ2) is 11.5. The highest BCUT2D eigenvalue weighted by Gasteiger charge is 2.10. The molecule has 3 rings (SSSR count). The first-order chi connectivity index (χ1) is 14.6. The van der Waals surface area contributed by atoms with Crippen molar-refractivity contribution in [2.24, 2.45) is 0 Å². The van der Waals surface area contributed by atoms with Crippen LogP contribution in [0.15, 0.2) is 48.5 Å². The van der Waals surface area contributed by atoms with Gasteiger partial charge < -0.3 is 19.6 Å². The van der Waals surface area contributed by atoms with Crippen molar-refractivity contribution in [2.45, 2.75) is 26.2 Å². The van der Waals surface area contributed by atoms with Crippen LogP contribution in [-0.4, -0.2) is 56.0 Å². The van der Waals surface area contributed by atoms with Crippen molar-refractivity contribution in [1.29, 1.82) is 0 Å². The number of morpholine rings is 1. The smallest absolute Gasteiger partial charge is 0.262 e. The third kappa shape index (κ3) is 7.61. The lowest BCUT2D eigenvalue weighted by molar-refractivity contribution is -0.118. The summed E-state index contributed by atoms with van der Waals surface area (Å²) in [7, 11) is 0. The van der Waals surface area contributed by atoms with Gasteiger partial charge in [-0.1, -0.05) is 24.3 Å². The van der Waals surface area contributed by atoms with Gasteiger partial charge in [-0.15, -0.1) is 0 Å². The zero-order valence-corrected chi connectivity index (χ0v) is 17.6. The number of carbonyl (C=O) groups is 2. The van der Waals surface area contributed by atoms with E-state index in [1.807, 2.05) is 36.4 Å². The zero-order valence-electron chi connectivity index (χ0n) is 17.6. The lowest BCUT2D eigenvalue weighted by Crippen LogP contribution is -2.37. The van der Waals surface area contributed by atoms with Crippen molar-refractivity contribution in [3.8, 4) is 5.75 Å². The first-order valence-electron chi connectivity index (χ1n) is 10.5. The number of ether oxygens (including phenoxy) is 2. The number of benzene rings is 2. The van der Waals surface area contributed by atoms with Crippen LogP contribution in [0.3, 0.4) is 0 Å². The van der Waals surface area contributed by atoms with Gasteiger partial charge in [-0.25, -0.2) is 0 Å². The summed E-state index contributed by atoms with van der Waals surface area (Å²) in [6, 6.07) is 15.5. The Morgan fingerprint density at radius 3 is 2.27 bits per heavy atom. The number of nitrogens with zero attached hydrogens (tertiary/aromatic N) is 1. The molecule has 1 N–H and O–H groups in total. The predicted molar refractivity (Wildman–Crippen MR) is 117 cm³/mol. The van der Waals surface area contributed by atoms with E-state index in [0.29, 0.717) is 12.2 Å². The van der Waals surface area contributed by atoms with Crippen molar-refractivity contribution in [3.05, 3.63) is 59.7 Å². The highest BCUT2D eigenvalue weighted by Crippen LogP contribution is 2.14. The molecular weight excluding hydrogens is 380 g/mol. The number of nitrogens with one attached hydrogen (secondary N) is 1. The number of amides is 1. The van der Waals surface area contributed by atoms with Gasteiger partial charge in [0.2, 0.25) is 0 Å². The SMILES string of the molecule is CC(=O)CCc1ccc(OCC(=O)Nc2ccc(CCN3CCOCC3)cc2)cc1. The van der Waals surface area contributed by atoms with Crippen LogP contribution in [0.2, 0.25) is 0 Å². The Labute approximate surface area is 178 Å². The lowest BCUT2D eigenvalue weighted by atomic mass is 10.1. The molecule has 160 valence electrons. The van der Waals surface area contributed by atoms with E-state index in [1.165, 1.54) is 5.56 Å². The molecule has 1 amide bonds. The second-order valence-electron chi connectivity index (χ2n) is 7.58. The molecule has 1 heterocycles. The Morgan fingerprint density at radius 1 is 0.967 bits per heavy atom. The Hall–Kier alpha value is -2.70. The van der Waals surface area contributed by atoms with Gasteiger partial charge in [0.1, 0.15) is 11.5 Å². The van der Waals surface area contributed by atoms with Crippen molar-refractivity contribution in [2.75, 3.05) is 44.8 Å². The first-order valence-corrected chi connectivity index (χ1v) is 10.5. The van der Waals surface area contributed by atoms with Gasteiger partial charge in [-0.3, -0.25) is 9.69 Å². The van der Waals surface area contributed by atoms with E-state index < -0.39 is 0 Å². The molecule has 0 bridgehead atoms. The highest BCUT2D eigenvalue weighted by molar-refractivity contribution is 5.91. The van der Waals surface area contributed by atoms with Gasteiger partial charge in [-0.05, 0) is 55.2 Å². The van der Waals surface area contributed by atoms with Crippen LogP contribution < -0.4 is 10.1 Å². The Morgan fingerprint density at radius 2 is 1.60 bits per heavy atom. The van der Waals surface area contributed by atoms with Crippen LogP contribution >= 0.6 is 0 Å². The van der Waals surface area contributed by atoms with Gasteiger partial charge in [-0.2, -0.15) is 0 Å². The minimum Gasteiger partial charge on any atom is -0.484 e. The maximum atomic E-state index is 12.2. The molecule has 0 radical (unpaired) electrons. The Bertz CT molecular complexity index is 812. The largest absolute Gasteiger partial charge is 0.484 e. The van der Waals surface area contributed by atoms with Crippen LogP contribution in [0.5, 0.6) is 5.75 Å². The molecule has 0 atom stereocenters. The maximum Gasteiger partial charge on any atom is 0.262 e. The third-order valence-corrected chi connectivity index (χ3v) is 5.12. The number of ketones is 1. The van der Waals surface area contributed by atoms with E-state index in [0.717, 1.165) is 56.9 Å². The molecule has 2 aromatic rings. The van der Waals surface area contributed by atoms with Crippen molar-refractivity contribution >= 4 is 17.4 Å². The Balaban J connectivity index is 1.38. The summed E-state index contributed by atoms with van der Waals surface area (Å²) in [5.74, 6) is 0.615. The molecule has 0 unspecified atom stereocenters. The molecule has 0 aliphatic carbocycles. The van der Waals surface area contributed by atoms with Gasteiger partial charge in [0.05, 0.1) is 13.2 Å². The molecule has 1 saturated heterocycles. The quantitative estimate of drug-likeness (QED) is 0.652. The van der Waals surface area contributed by atoms with Gasteiger partial charge in [0.25, 0.3) is 5.91 Å². The number of carbonyl (C=O) groups excluding carboxylic acids is 2. The fourth-order valence-corrected chi connectivity index (χ4v) is 3.29. The average Bonchev–Trinajstić information content (AvgIpc) is 2.77. The molecule has 0 saturated carbocycles. The van der Waals surface area contributed by atoms with E-state index in [-0.39, 0.29) is 18.3 Å². The number of anilines is 1. The topological polar surface area (TPSA) is 67.9 Å². The Kier molecular flexibility index (Phi) is 8.41. The number of hydrogen-bond donors (Lipinski definition) is 1. The van der Waals surface area contributed by atoms with Crippen molar-refractivity contribution < 1.29 is 19.1 Å². The third-order valence-electron chi connectivity index (χ3n) is 5.12. The molecule has 30 heavy (non-hydrogen) atoms. The zero-order chi connectivity index (χ0) is 21.2. The second-order valence-corrected chi connectivity index (χ2v) is 7.58. The number of Topliss-reactive ketones (excluding diaryl/α,β-unsaturated/α-hetero) is 1. The van der Waals surface area contributed by atoms with Gasteiger partial charge in [0.15, 0.2) is 6.61 Å². The van der Waals surface area contributed by atoms with E-state index in [1.54, 1.807) is 6.92 Å². The summed E-state index contributed by atoms with van der Waals surface area (Å²) < 4.78 is 10.9. The molecule has 6 heteroatoms. The molecule has 0 aromatic heterocycles. The number of aryl methyl sites for hydroxylation is 1. The summed E-state index contributed by atoms with van der Waals surface area (Å²) >= 11 is 0. The normalized spacial score (nSPS) is 14.3. The maximum absolute atomic E-state index is 12.2. The van der Waals surface area contributed by atoms with E-state index in [9.17, 15) is 9.59 Å². The molecule has 0 spiro atoms. The summed E-state index contributed by atoms with van der Waals surface area (Å²) in [6.07, 6.45) is 2.24. The van der Waals surface area contributed by atoms with E-state index in [4.69, 9.17) is 9.47 Å². The first kappa shape index (κ1) is 22.0.